The predicted molar refractivity (Wildman–Crippen MR) is 88.0 cm³/mol. The summed E-state index contributed by atoms with van der Waals surface area (Å²) in [6.07, 6.45) is 0. The SMILES string of the molecule is CC.Cc1ccccc1C(C(=O)C(C)C)N(C)C(C)C. The van der Waals surface area contributed by atoms with E-state index < -0.39 is 0 Å². The highest BCUT2D eigenvalue weighted by molar-refractivity contribution is 5.87. The Kier molecular flexibility index (Phi) is 8.40. The minimum atomic E-state index is -0.133. The van der Waals surface area contributed by atoms with Crippen LogP contribution in [-0.4, -0.2) is 23.8 Å². The lowest BCUT2D eigenvalue weighted by molar-refractivity contribution is -0.127. The molecule has 0 saturated carbocycles. The summed E-state index contributed by atoms with van der Waals surface area (Å²) in [7, 11) is 2.03. The average Bonchev–Trinajstić information content (AvgIpc) is 2.42. The molecule has 114 valence electrons. The van der Waals surface area contributed by atoms with Crippen molar-refractivity contribution in [2.75, 3.05) is 7.05 Å². The molecule has 0 bridgehead atoms. The van der Waals surface area contributed by atoms with Crippen molar-refractivity contribution in [3.8, 4) is 0 Å². The highest BCUT2D eigenvalue weighted by Crippen LogP contribution is 2.27. The number of ketones is 1. The number of likely N-dealkylation sites (N-methyl/N-ethyl adjacent to an activating group) is 1. The van der Waals surface area contributed by atoms with Gasteiger partial charge in [0.25, 0.3) is 0 Å². The average molecular weight is 277 g/mol. The van der Waals surface area contributed by atoms with Gasteiger partial charge in [-0.3, -0.25) is 9.69 Å². The Labute approximate surface area is 125 Å². The quantitative estimate of drug-likeness (QED) is 0.782. The molecule has 1 aromatic rings. The van der Waals surface area contributed by atoms with Gasteiger partial charge >= 0.3 is 0 Å². The third-order valence-electron chi connectivity index (χ3n) is 3.54. The van der Waals surface area contributed by atoms with E-state index in [1.807, 2.05) is 46.9 Å². The molecule has 0 radical (unpaired) electrons. The van der Waals surface area contributed by atoms with Crippen LogP contribution in [-0.2, 0) is 4.79 Å². The molecule has 2 heteroatoms. The van der Waals surface area contributed by atoms with E-state index in [2.05, 4.69) is 37.8 Å². The predicted octanol–water partition coefficient (Wildman–Crippen LogP) is 4.63. The summed E-state index contributed by atoms with van der Waals surface area (Å²) in [4.78, 5) is 14.7. The van der Waals surface area contributed by atoms with Crippen LogP contribution in [0.1, 0.15) is 58.7 Å². The van der Waals surface area contributed by atoms with Gasteiger partial charge in [0.2, 0.25) is 0 Å². The zero-order valence-electron chi connectivity index (χ0n) is 14.4. The zero-order valence-corrected chi connectivity index (χ0v) is 14.4. The van der Waals surface area contributed by atoms with E-state index >= 15 is 0 Å². The van der Waals surface area contributed by atoms with Crippen molar-refractivity contribution in [1.29, 1.82) is 0 Å². The molecule has 0 aliphatic heterocycles. The lowest BCUT2D eigenvalue weighted by Gasteiger charge is -2.32. The van der Waals surface area contributed by atoms with Crippen LogP contribution in [0.3, 0.4) is 0 Å². The van der Waals surface area contributed by atoms with E-state index in [9.17, 15) is 4.79 Å². The molecular formula is C18H31NO. The van der Waals surface area contributed by atoms with Crippen LogP contribution in [0.15, 0.2) is 24.3 Å². The van der Waals surface area contributed by atoms with E-state index in [0.717, 1.165) is 5.56 Å². The van der Waals surface area contributed by atoms with Gasteiger partial charge in [-0.25, -0.2) is 0 Å². The van der Waals surface area contributed by atoms with Gasteiger partial charge in [-0.1, -0.05) is 52.0 Å². The van der Waals surface area contributed by atoms with Gasteiger partial charge in [0.15, 0.2) is 5.78 Å². The van der Waals surface area contributed by atoms with Gasteiger partial charge in [-0.15, -0.1) is 0 Å². The van der Waals surface area contributed by atoms with Crippen LogP contribution in [0.4, 0.5) is 0 Å². The molecule has 1 atom stereocenters. The number of nitrogens with zero attached hydrogens (tertiary/aromatic N) is 1. The fraction of sp³-hybridized carbons (Fsp3) is 0.611. The number of Topliss-reactive ketones (excluding diaryl/α,β-unsaturated/α-hetero) is 1. The van der Waals surface area contributed by atoms with Crippen LogP contribution in [0.25, 0.3) is 0 Å². The van der Waals surface area contributed by atoms with Gasteiger partial charge in [0.05, 0.1) is 6.04 Å². The summed E-state index contributed by atoms with van der Waals surface area (Å²) in [6.45, 7) is 14.3. The number of carbonyl (C=O) groups is 1. The summed E-state index contributed by atoms with van der Waals surface area (Å²) >= 11 is 0. The number of rotatable bonds is 5. The molecule has 0 heterocycles. The first-order valence-corrected chi connectivity index (χ1v) is 7.67. The fourth-order valence-corrected chi connectivity index (χ4v) is 2.08. The molecule has 0 amide bonds. The zero-order chi connectivity index (χ0) is 15.9. The van der Waals surface area contributed by atoms with Crippen molar-refractivity contribution >= 4 is 5.78 Å². The van der Waals surface area contributed by atoms with E-state index in [-0.39, 0.29) is 12.0 Å². The van der Waals surface area contributed by atoms with Crippen molar-refractivity contribution < 1.29 is 4.79 Å². The van der Waals surface area contributed by atoms with Crippen molar-refractivity contribution in [2.24, 2.45) is 5.92 Å². The second-order valence-corrected chi connectivity index (χ2v) is 5.58. The maximum absolute atomic E-state index is 12.5. The molecule has 0 aliphatic carbocycles. The first kappa shape index (κ1) is 18.9. The largest absolute Gasteiger partial charge is 0.297 e. The van der Waals surface area contributed by atoms with Gasteiger partial charge in [0, 0.05) is 12.0 Å². The van der Waals surface area contributed by atoms with Gasteiger partial charge < -0.3 is 0 Å². The van der Waals surface area contributed by atoms with E-state index in [0.29, 0.717) is 11.8 Å². The van der Waals surface area contributed by atoms with Crippen LogP contribution in [0.5, 0.6) is 0 Å². The second-order valence-electron chi connectivity index (χ2n) is 5.58. The molecule has 1 rings (SSSR count). The highest BCUT2D eigenvalue weighted by Gasteiger charge is 2.29. The Morgan fingerprint density at radius 3 is 1.95 bits per heavy atom. The van der Waals surface area contributed by atoms with Crippen LogP contribution < -0.4 is 0 Å². The molecule has 0 fully saturated rings. The van der Waals surface area contributed by atoms with E-state index in [1.54, 1.807) is 0 Å². The monoisotopic (exact) mass is 277 g/mol. The number of aryl methyl sites for hydroxylation is 1. The van der Waals surface area contributed by atoms with Gasteiger partial charge in [-0.2, -0.15) is 0 Å². The maximum Gasteiger partial charge on any atom is 0.157 e. The molecule has 1 unspecified atom stereocenters. The Morgan fingerprint density at radius 1 is 1.05 bits per heavy atom. The Bertz CT molecular complexity index is 410. The third-order valence-corrected chi connectivity index (χ3v) is 3.54. The first-order valence-electron chi connectivity index (χ1n) is 7.67. The van der Waals surface area contributed by atoms with E-state index in [4.69, 9.17) is 0 Å². The topological polar surface area (TPSA) is 20.3 Å². The molecule has 1 aromatic carbocycles. The molecule has 0 spiro atoms. The number of carbonyl (C=O) groups excluding carboxylic acids is 1. The lowest BCUT2D eigenvalue weighted by atomic mass is 9.91. The molecule has 0 aliphatic rings. The van der Waals surface area contributed by atoms with E-state index in [1.165, 1.54) is 5.56 Å². The summed E-state index contributed by atoms with van der Waals surface area (Å²) in [5.74, 6) is 0.344. The summed E-state index contributed by atoms with van der Waals surface area (Å²) in [6, 6.07) is 8.38. The number of benzene rings is 1. The van der Waals surface area contributed by atoms with Crippen molar-refractivity contribution in [2.45, 2.75) is 60.5 Å². The van der Waals surface area contributed by atoms with Crippen LogP contribution in [0, 0.1) is 12.8 Å². The highest BCUT2D eigenvalue weighted by atomic mass is 16.1. The standard InChI is InChI=1S/C16H25NO.C2H6/c1-11(2)16(18)15(17(6)12(3)4)14-10-8-7-9-13(14)5;1-2/h7-12,15H,1-6H3;1-2H3. The van der Waals surface area contributed by atoms with Gasteiger partial charge in [0.1, 0.15) is 0 Å². The van der Waals surface area contributed by atoms with Crippen LogP contribution in [0.2, 0.25) is 0 Å². The molecule has 0 saturated heterocycles. The van der Waals surface area contributed by atoms with Crippen molar-refractivity contribution in [3.63, 3.8) is 0 Å². The smallest absolute Gasteiger partial charge is 0.157 e. The summed E-state index contributed by atoms with van der Waals surface area (Å²) in [5.41, 5.74) is 2.32. The number of hydrogen-bond acceptors (Lipinski definition) is 2. The summed E-state index contributed by atoms with van der Waals surface area (Å²) < 4.78 is 0. The Morgan fingerprint density at radius 2 is 1.55 bits per heavy atom. The second kappa shape index (κ2) is 8.91. The molecule has 2 nitrogen and oxygen atoms in total. The maximum atomic E-state index is 12.5. The Balaban J connectivity index is 0.00000172. The molecular weight excluding hydrogens is 246 g/mol. The van der Waals surface area contributed by atoms with Crippen LogP contribution >= 0.6 is 0 Å². The Hall–Kier alpha value is -1.15. The molecule has 0 aromatic heterocycles. The minimum Gasteiger partial charge on any atom is -0.297 e. The lowest BCUT2D eigenvalue weighted by Crippen LogP contribution is -2.38. The summed E-state index contributed by atoms with van der Waals surface area (Å²) in [5, 5.41) is 0. The number of hydrogen-bond donors (Lipinski definition) is 0. The molecule has 20 heavy (non-hydrogen) atoms. The third kappa shape index (κ3) is 4.75. The van der Waals surface area contributed by atoms with Crippen molar-refractivity contribution in [3.05, 3.63) is 35.4 Å². The minimum absolute atomic E-state index is 0.0517. The fourth-order valence-electron chi connectivity index (χ4n) is 2.08. The first-order chi connectivity index (χ1) is 9.36. The molecule has 0 N–H and O–H groups in total. The normalized spacial score (nSPS) is 12.3. The van der Waals surface area contributed by atoms with Gasteiger partial charge in [-0.05, 0) is 38.9 Å². The van der Waals surface area contributed by atoms with Crippen molar-refractivity contribution in [1.82, 2.24) is 4.90 Å².